The first-order valence-corrected chi connectivity index (χ1v) is 9.19. The quantitative estimate of drug-likeness (QED) is 0.546. The number of para-hydroxylation sites is 1. The first-order valence-electron chi connectivity index (χ1n) is 7.49. The van der Waals surface area contributed by atoms with Gasteiger partial charge >= 0.3 is 0 Å². The molecule has 3 aromatic heterocycles. The number of rotatable bonds is 5. The molecule has 1 amide bonds. The molecule has 0 bridgehead atoms. The Kier molecular flexibility index (Phi) is 4.10. The lowest BCUT2D eigenvalue weighted by Crippen LogP contribution is -2.33. The van der Waals surface area contributed by atoms with Gasteiger partial charge in [0, 0.05) is 18.9 Å². The predicted octanol–water partition coefficient (Wildman–Crippen LogP) is 3.90. The van der Waals surface area contributed by atoms with E-state index >= 15 is 0 Å². The highest BCUT2D eigenvalue weighted by atomic mass is 32.1. The Morgan fingerprint density at radius 1 is 1.17 bits per heavy atom. The number of nitrogens with zero attached hydrogens (tertiary/aromatic N) is 4. The molecule has 120 valence electrons. The van der Waals surface area contributed by atoms with Gasteiger partial charge in [0.05, 0.1) is 21.6 Å². The molecule has 0 saturated carbocycles. The molecular weight excluding hydrogens is 340 g/mol. The van der Waals surface area contributed by atoms with Crippen LogP contribution in [0, 0.1) is 0 Å². The zero-order valence-corrected chi connectivity index (χ0v) is 14.3. The SMILES string of the molecule is O=C(c1cccs1)N(CCn1cccn1)c1nc2ccccc2s1. The monoisotopic (exact) mass is 354 g/mol. The van der Waals surface area contributed by atoms with Gasteiger partial charge in [0.15, 0.2) is 5.13 Å². The van der Waals surface area contributed by atoms with Crippen molar-refractivity contribution >= 4 is 43.9 Å². The molecule has 5 nitrogen and oxygen atoms in total. The maximum atomic E-state index is 12.9. The molecule has 0 aliphatic rings. The molecule has 0 fully saturated rings. The van der Waals surface area contributed by atoms with Crippen molar-refractivity contribution in [3.8, 4) is 0 Å². The van der Waals surface area contributed by atoms with Crippen LogP contribution < -0.4 is 4.90 Å². The van der Waals surface area contributed by atoms with Gasteiger partial charge in [0.2, 0.25) is 0 Å². The van der Waals surface area contributed by atoms with Crippen molar-refractivity contribution < 1.29 is 4.79 Å². The van der Waals surface area contributed by atoms with Crippen LogP contribution in [0.2, 0.25) is 0 Å². The molecule has 3 heterocycles. The number of hydrogen-bond donors (Lipinski definition) is 0. The highest BCUT2D eigenvalue weighted by Gasteiger charge is 2.22. The molecule has 0 aliphatic heterocycles. The van der Waals surface area contributed by atoms with Crippen LogP contribution in [0.15, 0.2) is 60.2 Å². The summed E-state index contributed by atoms with van der Waals surface area (Å²) in [5, 5.41) is 6.85. The fourth-order valence-corrected chi connectivity index (χ4v) is 4.09. The minimum absolute atomic E-state index is 0.0174. The van der Waals surface area contributed by atoms with E-state index in [1.807, 2.05) is 58.7 Å². The molecule has 0 N–H and O–H groups in total. The number of carbonyl (C=O) groups excluding carboxylic acids is 1. The molecule has 0 saturated heterocycles. The maximum absolute atomic E-state index is 12.9. The molecule has 4 aromatic rings. The summed E-state index contributed by atoms with van der Waals surface area (Å²) in [5.41, 5.74) is 0.917. The summed E-state index contributed by atoms with van der Waals surface area (Å²) < 4.78 is 2.90. The topological polar surface area (TPSA) is 51.0 Å². The molecule has 0 spiro atoms. The summed E-state index contributed by atoms with van der Waals surface area (Å²) in [6.07, 6.45) is 3.63. The van der Waals surface area contributed by atoms with E-state index in [-0.39, 0.29) is 5.91 Å². The standard InChI is InChI=1S/C17H14N4OS2/c22-16(15-7-3-12-23-15)21(11-10-20-9-4-8-18-20)17-19-13-5-1-2-6-14(13)24-17/h1-9,12H,10-11H2. The lowest BCUT2D eigenvalue weighted by atomic mass is 10.3. The zero-order chi connectivity index (χ0) is 16.4. The van der Waals surface area contributed by atoms with Gasteiger partial charge in [0.1, 0.15) is 0 Å². The molecule has 7 heteroatoms. The van der Waals surface area contributed by atoms with Crippen LogP contribution in [0.3, 0.4) is 0 Å². The summed E-state index contributed by atoms with van der Waals surface area (Å²) in [7, 11) is 0. The fraction of sp³-hybridized carbons (Fsp3) is 0.118. The fourth-order valence-electron chi connectivity index (χ4n) is 2.43. The van der Waals surface area contributed by atoms with Crippen molar-refractivity contribution in [1.82, 2.24) is 14.8 Å². The van der Waals surface area contributed by atoms with Gasteiger partial charge in [-0.1, -0.05) is 29.5 Å². The predicted molar refractivity (Wildman–Crippen MR) is 97.8 cm³/mol. The first-order chi connectivity index (χ1) is 11.8. The van der Waals surface area contributed by atoms with Gasteiger partial charge in [0.25, 0.3) is 5.91 Å². The number of aromatic nitrogens is 3. The molecule has 0 atom stereocenters. The molecule has 0 radical (unpaired) electrons. The van der Waals surface area contributed by atoms with E-state index in [0.29, 0.717) is 13.1 Å². The largest absolute Gasteiger partial charge is 0.281 e. The first kappa shape index (κ1) is 15.0. The molecule has 24 heavy (non-hydrogen) atoms. The van der Waals surface area contributed by atoms with Crippen LogP contribution in [-0.4, -0.2) is 27.2 Å². The third-order valence-electron chi connectivity index (χ3n) is 3.60. The third kappa shape index (κ3) is 2.95. The highest BCUT2D eigenvalue weighted by Crippen LogP contribution is 2.30. The Morgan fingerprint density at radius 3 is 2.83 bits per heavy atom. The summed E-state index contributed by atoms with van der Waals surface area (Å²) in [5.74, 6) is -0.0174. The molecule has 0 unspecified atom stereocenters. The number of carbonyl (C=O) groups is 1. The average Bonchev–Trinajstić information content (AvgIpc) is 3.35. The van der Waals surface area contributed by atoms with Crippen molar-refractivity contribution in [2.75, 3.05) is 11.4 Å². The van der Waals surface area contributed by atoms with Crippen LogP contribution in [0.4, 0.5) is 5.13 Å². The number of benzene rings is 1. The van der Waals surface area contributed by atoms with Gasteiger partial charge in [-0.05, 0) is 29.6 Å². The van der Waals surface area contributed by atoms with Crippen molar-refractivity contribution in [3.63, 3.8) is 0 Å². The summed E-state index contributed by atoms with van der Waals surface area (Å²) in [4.78, 5) is 20.0. The van der Waals surface area contributed by atoms with Crippen LogP contribution in [-0.2, 0) is 6.54 Å². The Hall–Kier alpha value is -2.51. The van der Waals surface area contributed by atoms with E-state index in [4.69, 9.17) is 0 Å². The van der Waals surface area contributed by atoms with E-state index in [2.05, 4.69) is 10.1 Å². The van der Waals surface area contributed by atoms with E-state index in [1.165, 1.54) is 22.7 Å². The van der Waals surface area contributed by atoms with E-state index in [1.54, 1.807) is 11.1 Å². The van der Waals surface area contributed by atoms with Crippen molar-refractivity contribution in [2.45, 2.75) is 6.54 Å². The van der Waals surface area contributed by atoms with Crippen molar-refractivity contribution in [1.29, 1.82) is 0 Å². The van der Waals surface area contributed by atoms with Gasteiger partial charge in [-0.15, -0.1) is 11.3 Å². The number of amides is 1. The minimum Gasteiger partial charge on any atom is -0.281 e. The smallest absolute Gasteiger partial charge is 0.270 e. The maximum Gasteiger partial charge on any atom is 0.270 e. The van der Waals surface area contributed by atoms with Gasteiger partial charge in [-0.3, -0.25) is 14.4 Å². The molecule has 1 aromatic carbocycles. The number of thiophene rings is 1. The zero-order valence-electron chi connectivity index (χ0n) is 12.7. The number of anilines is 1. The van der Waals surface area contributed by atoms with Gasteiger partial charge < -0.3 is 0 Å². The Bertz CT molecular complexity index is 911. The lowest BCUT2D eigenvalue weighted by Gasteiger charge is -2.19. The van der Waals surface area contributed by atoms with E-state index < -0.39 is 0 Å². The lowest BCUT2D eigenvalue weighted by molar-refractivity contribution is 0.0989. The Balaban J connectivity index is 1.67. The summed E-state index contributed by atoms with van der Waals surface area (Å²) in [6, 6.07) is 13.6. The van der Waals surface area contributed by atoms with Crippen molar-refractivity contribution in [2.24, 2.45) is 0 Å². The Labute approximate surface area is 146 Å². The number of thiazole rings is 1. The van der Waals surface area contributed by atoms with Crippen LogP contribution in [0.5, 0.6) is 0 Å². The highest BCUT2D eigenvalue weighted by molar-refractivity contribution is 7.22. The minimum atomic E-state index is -0.0174. The van der Waals surface area contributed by atoms with Crippen LogP contribution in [0.25, 0.3) is 10.2 Å². The summed E-state index contributed by atoms with van der Waals surface area (Å²) >= 11 is 2.98. The molecule has 4 rings (SSSR count). The molecule has 0 aliphatic carbocycles. The van der Waals surface area contributed by atoms with Gasteiger partial charge in [-0.2, -0.15) is 5.10 Å². The third-order valence-corrected chi connectivity index (χ3v) is 5.52. The van der Waals surface area contributed by atoms with Crippen LogP contribution in [0.1, 0.15) is 9.67 Å². The number of fused-ring (bicyclic) bond motifs is 1. The van der Waals surface area contributed by atoms with Crippen LogP contribution >= 0.6 is 22.7 Å². The second kappa shape index (κ2) is 6.54. The normalized spacial score (nSPS) is 11.0. The van der Waals surface area contributed by atoms with E-state index in [0.717, 1.165) is 20.2 Å². The second-order valence-electron chi connectivity index (χ2n) is 5.17. The second-order valence-corrected chi connectivity index (χ2v) is 7.12. The summed E-state index contributed by atoms with van der Waals surface area (Å²) in [6.45, 7) is 1.15. The van der Waals surface area contributed by atoms with Gasteiger partial charge in [-0.25, -0.2) is 4.98 Å². The van der Waals surface area contributed by atoms with E-state index in [9.17, 15) is 4.79 Å². The Morgan fingerprint density at radius 2 is 2.08 bits per heavy atom. The molecular formula is C17H14N4OS2. The number of hydrogen-bond acceptors (Lipinski definition) is 5. The van der Waals surface area contributed by atoms with Crippen molar-refractivity contribution in [3.05, 3.63) is 65.1 Å². The average molecular weight is 354 g/mol.